The topological polar surface area (TPSA) is 99.2 Å². The van der Waals surface area contributed by atoms with Gasteiger partial charge in [-0.05, 0) is 12.1 Å². The van der Waals surface area contributed by atoms with Crippen LogP contribution < -0.4 is 15.6 Å². The maximum absolute atomic E-state index is 12.7. The number of amides is 1. The van der Waals surface area contributed by atoms with E-state index in [9.17, 15) is 9.59 Å². The summed E-state index contributed by atoms with van der Waals surface area (Å²) in [5.41, 5.74) is 2.05. The van der Waals surface area contributed by atoms with Crippen molar-refractivity contribution in [1.29, 1.82) is 0 Å². The Morgan fingerprint density at radius 2 is 2.00 bits per heavy atom. The molecule has 8 nitrogen and oxygen atoms in total. The lowest BCUT2D eigenvalue weighted by Gasteiger charge is -2.08. The molecule has 1 N–H and O–H groups in total. The number of aromatic nitrogens is 3. The van der Waals surface area contributed by atoms with E-state index >= 15 is 0 Å². The Morgan fingerprint density at radius 1 is 1.17 bits per heavy atom. The van der Waals surface area contributed by atoms with Crippen molar-refractivity contribution in [2.75, 3.05) is 12.4 Å². The molecule has 0 unspecified atom stereocenters. The summed E-state index contributed by atoms with van der Waals surface area (Å²) in [6, 6.07) is 16.4. The number of aryl methyl sites for hydroxylation is 1. The normalized spacial score (nSPS) is 10.8. The van der Waals surface area contributed by atoms with Crippen molar-refractivity contribution in [3.05, 3.63) is 71.3 Å². The van der Waals surface area contributed by atoms with Crippen LogP contribution in [-0.4, -0.2) is 27.7 Å². The van der Waals surface area contributed by atoms with Crippen LogP contribution in [0.25, 0.3) is 22.4 Å². The molecule has 146 valence electrons. The van der Waals surface area contributed by atoms with Crippen LogP contribution in [0.2, 0.25) is 0 Å². The van der Waals surface area contributed by atoms with Crippen molar-refractivity contribution in [1.82, 2.24) is 14.7 Å². The van der Waals surface area contributed by atoms with E-state index in [0.717, 1.165) is 5.56 Å². The summed E-state index contributed by atoms with van der Waals surface area (Å²) < 4.78 is 11.7. The van der Waals surface area contributed by atoms with Gasteiger partial charge in [0.25, 0.3) is 11.1 Å². The minimum Gasteiger partial charge on any atom is -0.497 e. The first-order chi connectivity index (χ1) is 14.2. The van der Waals surface area contributed by atoms with Crippen LogP contribution in [0, 0.1) is 0 Å². The number of anilines is 1. The van der Waals surface area contributed by atoms with E-state index in [-0.39, 0.29) is 30.0 Å². The maximum atomic E-state index is 12.7. The van der Waals surface area contributed by atoms with Gasteiger partial charge in [-0.3, -0.25) is 14.2 Å². The highest BCUT2D eigenvalue weighted by Crippen LogP contribution is 2.24. The summed E-state index contributed by atoms with van der Waals surface area (Å²) in [5.74, 6) is 0.418. The van der Waals surface area contributed by atoms with Gasteiger partial charge in [-0.15, -0.1) is 0 Å². The van der Waals surface area contributed by atoms with E-state index in [2.05, 4.69) is 15.5 Å². The molecule has 2 aromatic heterocycles. The first-order valence-electron chi connectivity index (χ1n) is 9.00. The third-order valence-electron chi connectivity index (χ3n) is 4.43. The summed E-state index contributed by atoms with van der Waals surface area (Å²) in [6.07, 6.45) is 1.51. The summed E-state index contributed by atoms with van der Waals surface area (Å²) in [6.45, 7) is 0.166. The first-order valence-corrected chi connectivity index (χ1v) is 9.00. The highest BCUT2D eigenvalue weighted by molar-refractivity contribution is 5.91. The molecule has 0 aliphatic rings. The highest BCUT2D eigenvalue weighted by atomic mass is 16.5. The number of benzene rings is 2. The molecule has 0 saturated carbocycles. The third-order valence-corrected chi connectivity index (χ3v) is 4.43. The molecule has 0 saturated heterocycles. The van der Waals surface area contributed by atoms with Crippen LogP contribution in [0.4, 0.5) is 5.69 Å². The van der Waals surface area contributed by atoms with Gasteiger partial charge >= 0.3 is 0 Å². The quantitative estimate of drug-likeness (QED) is 0.543. The summed E-state index contributed by atoms with van der Waals surface area (Å²) in [5, 5.41) is 6.77. The Hall–Kier alpha value is -3.94. The second kappa shape index (κ2) is 7.97. The van der Waals surface area contributed by atoms with Crippen molar-refractivity contribution in [3.63, 3.8) is 0 Å². The second-order valence-electron chi connectivity index (χ2n) is 6.35. The van der Waals surface area contributed by atoms with Crippen LogP contribution in [0.5, 0.6) is 5.75 Å². The van der Waals surface area contributed by atoms with Crippen LogP contribution in [0.15, 0.2) is 70.2 Å². The second-order valence-corrected chi connectivity index (χ2v) is 6.35. The third kappa shape index (κ3) is 3.86. The zero-order valence-corrected chi connectivity index (χ0v) is 15.7. The predicted octanol–water partition coefficient (Wildman–Crippen LogP) is 3.09. The molecule has 2 heterocycles. The average molecular weight is 390 g/mol. The molecule has 0 spiro atoms. The molecule has 2 aromatic carbocycles. The molecule has 1 amide bonds. The summed E-state index contributed by atoms with van der Waals surface area (Å²) in [7, 11) is 1.56. The van der Waals surface area contributed by atoms with Gasteiger partial charge in [0, 0.05) is 30.3 Å². The number of methoxy groups -OCH3 is 1. The summed E-state index contributed by atoms with van der Waals surface area (Å²) in [4.78, 5) is 29.2. The number of nitrogens with zero attached hydrogens (tertiary/aromatic N) is 3. The van der Waals surface area contributed by atoms with Crippen LogP contribution in [0.1, 0.15) is 6.42 Å². The molecule has 8 heteroatoms. The molecule has 0 fully saturated rings. The van der Waals surface area contributed by atoms with E-state index < -0.39 is 0 Å². The van der Waals surface area contributed by atoms with Gasteiger partial charge in [0.05, 0.1) is 13.4 Å². The largest absolute Gasteiger partial charge is 0.497 e. The average Bonchev–Trinajstić information content (AvgIpc) is 3.19. The Kier molecular flexibility index (Phi) is 5.07. The molecule has 0 radical (unpaired) electrons. The van der Waals surface area contributed by atoms with E-state index in [4.69, 9.17) is 9.26 Å². The van der Waals surface area contributed by atoms with Crippen LogP contribution >= 0.6 is 0 Å². The van der Waals surface area contributed by atoms with Gasteiger partial charge in [-0.2, -0.15) is 0 Å². The minimum absolute atomic E-state index is 0.0690. The fraction of sp³-hybridized carbons (Fsp3) is 0.143. The monoisotopic (exact) mass is 390 g/mol. The molecule has 0 atom stereocenters. The molecular weight excluding hydrogens is 372 g/mol. The number of hydrogen-bond acceptors (Lipinski definition) is 6. The number of hydrogen-bond donors (Lipinski definition) is 1. The Balaban J connectivity index is 1.49. The maximum Gasteiger partial charge on any atom is 0.299 e. The van der Waals surface area contributed by atoms with Gasteiger partial charge in [-0.25, -0.2) is 4.98 Å². The molecule has 4 rings (SSSR count). The number of carbonyl (C=O) groups is 1. The molecule has 0 aliphatic heterocycles. The number of ether oxygens (including phenoxy) is 1. The van der Waals surface area contributed by atoms with Crippen molar-refractivity contribution in [2.45, 2.75) is 13.0 Å². The fourth-order valence-electron chi connectivity index (χ4n) is 2.95. The van der Waals surface area contributed by atoms with Gasteiger partial charge in [0.15, 0.2) is 0 Å². The number of carbonyl (C=O) groups excluding carboxylic acids is 1. The molecule has 0 bridgehead atoms. The van der Waals surface area contributed by atoms with Gasteiger partial charge in [0.2, 0.25) is 5.91 Å². The molecule has 4 aromatic rings. The van der Waals surface area contributed by atoms with Gasteiger partial charge in [-0.1, -0.05) is 41.6 Å². The smallest absolute Gasteiger partial charge is 0.299 e. The van der Waals surface area contributed by atoms with E-state index in [0.29, 0.717) is 22.6 Å². The van der Waals surface area contributed by atoms with E-state index in [1.165, 1.54) is 10.9 Å². The SMILES string of the molecule is COc1cccc(NC(=O)CCn2cnc3c(-c4ccccc4)noc3c2=O)c1. The Labute approximate surface area is 165 Å². The Bertz CT molecular complexity index is 1210. The van der Waals surface area contributed by atoms with Gasteiger partial charge < -0.3 is 14.6 Å². The predicted molar refractivity (Wildman–Crippen MR) is 108 cm³/mol. The number of nitrogens with one attached hydrogen (secondary N) is 1. The number of fused-ring (bicyclic) bond motifs is 1. The van der Waals surface area contributed by atoms with Crippen LogP contribution in [0.3, 0.4) is 0 Å². The lowest BCUT2D eigenvalue weighted by atomic mass is 10.1. The van der Waals surface area contributed by atoms with Crippen molar-refractivity contribution < 1.29 is 14.1 Å². The molecule has 29 heavy (non-hydrogen) atoms. The number of rotatable bonds is 6. The zero-order chi connectivity index (χ0) is 20.2. The van der Waals surface area contributed by atoms with Crippen molar-refractivity contribution in [2.24, 2.45) is 0 Å². The van der Waals surface area contributed by atoms with E-state index in [1.807, 2.05) is 30.3 Å². The highest BCUT2D eigenvalue weighted by Gasteiger charge is 2.16. The standard InChI is InChI=1S/C21H18N4O4/c1-28-16-9-5-8-15(12-16)23-17(26)10-11-25-13-22-19-18(14-6-3-2-4-7-14)24-29-20(19)21(25)27/h2-9,12-13H,10-11H2,1H3,(H,23,26). The lowest BCUT2D eigenvalue weighted by molar-refractivity contribution is -0.116. The van der Waals surface area contributed by atoms with Crippen molar-refractivity contribution >= 4 is 22.7 Å². The summed E-state index contributed by atoms with van der Waals surface area (Å²) >= 11 is 0. The van der Waals surface area contributed by atoms with Crippen LogP contribution in [-0.2, 0) is 11.3 Å². The van der Waals surface area contributed by atoms with Gasteiger partial charge in [0.1, 0.15) is 17.0 Å². The zero-order valence-electron chi connectivity index (χ0n) is 15.7. The molecule has 0 aliphatic carbocycles. The van der Waals surface area contributed by atoms with Crippen molar-refractivity contribution in [3.8, 4) is 17.0 Å². The Morgan fingerprint density at radius 3 is 2.79 bits per heavy atom. The van der Waals surface area contributed by atoms with E-state index in [1.54, 1.807) is 31.4 Å². The molecular formula is C21H18N4O4. The lowest BCUT2D eigenvalue weighted by Crippen LogP contribution is -2.23. The fourth-order valence-corrected chi connectivity index (χ4v) is 2.95. The first kappa shape index (κ1) is 18.4. The minimum atomic E-state index is -0.376.